The highest BCUT2D eigenvalue weighted by Crippen LogP contribution is 2.36. The van der Waals surface area contributed by atoms with E-state index in [9.17, 15) is 0 Å². The van der Waals surface area contributed by atoms with Crippen LogP contribution in [0.15, 0.2) is 25.3 Å². The zero-order valence-corrected chi connectivity index (χ0v) is 7.00. The van der Waals surface area contributed by atoms with Crippen molar-refractivity contribution in [2.45, 2.75) is 12.8 Å². The molecule has 62 valence electrons. The molecule has 0 spiro atoms. The van der Waals surface area contributed by atoms with Crippen LogP contribution in [0.2, 0.25) is 0 Å². The molecule has 0 saturated heterocycles. The number of hydrogen-bond donors (Lipinski definition) is 1. The Balaban J connectivity index is 2.53. The van der Waals surface area contributed by atoms with Crippen LogP contribution >= 0.6 is 0 Å². The topological polar surface area (TPSA) is 26.0 Å². The molecule has 1 aliphatic carbocycles. The Morgan fingerprint density at radius 1 is 1.27 bits per heavy atom. The molecule has 2 N–H and O–H groups in total. The fourth-order valence-electron chi connectivity index (χ4n) is 1.95. The molecule has 0 radical (unpaired) electrons. The third-order valence-corrected chi connectivity index (χ3v) is 2.72. The minimum Gasteiger partial charge on any atom is -0.330 e. The summed E-state index contributed by atoms with van der Waals surface area (Å²) in [6.45, 7) is 8.42. The molecule has 1 aliphatic rings. The average molecular weight is 151 g/mol. The van der Waals surface area contributed by atoms with Gasteiger partial charge in [0.25, 0.3) is 0 Å². The maximum absolute atomic E-state index is 5.63. The quantitative estimate of drug-likeness (QED) is 0.613. The van der Waals surface area contributed by atoms with Crippen molar-refractivity contribution in [3.05, 3.63) is 25.3 Å². The van der Waals surface area contributed by atoms with Gasteiger partial charge in [-0.15, -0.1) is 13.2 Å². The summed E-state index contributed by atoms with van der Waals surface area (Å²) in [5.74, 6) is 1.95. The van der Waals surface area contributed by atoms with Gasteiger partial charge in [-0.25, -0.2) is 0 Å². The van der Waals surface area contributed by atoms with Gasteiger partial charge in [-0.1, -0.05) is 12.2 Å². The molecule has 0 amide bonds. The molecule has 11 heavy (non-hydrogen) atoms. The minimum atomic E-state index is 0.628. The summed E-state index contributed by atoms with van der Waals surface area (Å²) < 4.78 is 0. The van der Waals surface area contributed by atoms with E-state index in [2.05, 4.69) is 13.2 Å². The lowest BCUT2D eigenvalue weighted by atomic mass is 9.97. The third kappa shape index (κ3) is 1.72. The Bertz CT molecular complexity index is 151. The lowest BCUT2D eigenvalue weighted by molar-refractivity contribution is 0.469. The van der Waals surface area contributed by atoms with Gasteiger partial charge in [0, 0.05) is 0 Å². The molecule has 1 heteroatoms. The number of nitrogens with two attached hydrogens (primary N) is 1. The maximum Gasteiger partial charge on any atom is -0.00430 e. The molecule has 0 heterocycles. The van der Waals surface area contributed by atoms with Crippen LogP contribution in [-0.2, 0) is 0 Å². The first kappa shape index (κ1) is 8.54. The third-order valence-electron chi connectivity index (χ3n) is 2.72. The van der Waals surface area contributed by atoms with Gasteiger partial charge in [0.15, 0.2) is 0 Å². The Hall–Kier alpha value is -0.560. The van der Waals surface area contributed by atoms with Gasteiger partial charge in [0.2, 0.25) is 0 Å². The van der Waals surface area contributed by atoms with E-state index in [0.29, 0.717) is 17.8 Å². The van der Waals surface area contributed by atoms with Crippen molar-refractivity contribution in [3.63, 3.8) is 0 Å². The first-order valence-electron chi connectivity index (χ1n) is 4.27. The van der Waals surface area contributed by atoms with Crippen molar-refractivity contribution >= 4 is 0 Å². The van der Waals surface area contributed by atoms with Crippen molar-refractivity contribution in [2.24, 2.45) is 23.5 Å². The van der Waals surface area contributed by atoms with Crippen LogP contribution in [0.4, 0.5) is 0 Å². The van der Waals surface area contributed by atoms with Crippen LogP contribution in [0.25, 0.3) is 0 Å². The summed E-state index contributed by atoms with van der Waals surface area (Å²) in [5.41, 5.74) is 5.63. The maximum atomic E-state index is 5.63. The Morgan fingerprint density at radius 3 is 2.36 bits per heavy atom. The molecule has 3 atom stereocenters. The summed E-state index contributed by atoms with van der Waals surface area (Å²) in [6, 6.07) is 0. The Kier molecular flexibility index (Phi) is 2.89. The normalized spacial score (nSPS) is 37.0. The van der Waals surface area contributed by atoms with E-state index in [4.69, 9.17) is 5.73 Å². The van der Waals surface area contributed by atoms with E-state index in [0.717, 1.165) is 6.54 Å². The fourth-order valence-corrected chi connectivity index (χ4v) is 1.95. The number of allylic oxidation sites excluding steroid dienone is 2. The summed E-state index contributed by atoms with van der Waals surface area (Å²) >= 11 is 0. The van der Waals surface area contributed by atoms with E-state index in [1.807, 2.05) is 12.2 Å². The largest absolute Gasteiger partial charge is 0.330 e. The average Bonchev–Trinajstić information content (AvgIpc) is 2.46. The molecule has 1 nitrogen and oxygen atoms in total. The first-order chi connectivity index (χ1) is 5.31. The van der Waals surface area contributed by atoms with Gasteiger partial charge >= 0.3 is 0 Å². The van der Waals surface area contributed by atoms with Crippen molar-refractivity contribution < 1.29 is 0 Å². The summed E-state index contributed by atoms with van der Waals surface area (Å²) in [7, 11) is 0. The van der Waals surface area contributed by atoms with Gasteiger partial charge in [-0.2, -0.15) is 0 Å². The van der Waals surface area contributed by atoms with Gasteiger partial charge in [-0.05, 0) is 37.1 Å². The van der Waals surface area contributed by atoms with Crippen molar-refractivity contribution in [1.29, 1.82) is 0 Å². The summed E-state index contributed by atoms with van der Waals surface area (Å²) in [4.78, 5) is 0. The van der Waals surface area contributed by atoms with Crippen LogP contribution < -0.4 is 5.73 Å². The van der Waals surface area contributed by atoms with Crippen molar-refractivity contribution in [3.8, 4) is 0 Å². The molecule has 2 unspecified atom stereocenters. The first-order valence-corrected chi connectivity index (χ1v) is 4.27. The molecule has 1 rings (SSSR count). The van der Waals surface area contributed by atoms with Crippen molar-refractivity contribution in [1.82, 2.24) is 0 Å². The molecule has 0 aromatic heterocycles. The highest BCUT2D eigenvalue weighted by atomic mass is 14.6. The number of hydrogen-bond acceptors (Lipinski definition) is 1. The van der Waals surface area contributed by atoms with Gasteiger partial charge in [0.1, 0.15) is 0 Å². The zero-order chi connectivity index (χ0) is 8.27. The molecule has 1 fully saturated rings. The molecular formula is C10H17N. The number of rotatable bonds is 3. The highest BCUT2D eigenvalue weighted by Gasteiger charge is 2.29. The molecule has 0 aliphatic heterocycles. The second-order valence-corrected chi connectivity index (χ2v) is 3.36. The molecule has 0 aromatic carbocycles. The molecule has 1 saturated carbocycles. The van der Waals surface area contributed by atoms with E-state index < -0.39 is 0 Å². The van der Waals surface area contributed by atoms with Gasteiger partial charge < -0.3 is 5.73 Å². The monoisotopic (exact) mass is 151 g/mol. The fraction of sp³-hybridized carbons (Fsp3) is 0.600. The van der Waals surface area contributed by atoms with Gasteiger partial charge in [-0.3, -0.25) is 0 Å². The lowest BCUT2D eigenvalue weighted by Crippen LogP contribution is -2.16. The molecular weight excluding hydrogens is 134 g/mol. The van der Waals surface area contributed by atoms with E-state index in [1.54, 1.807) is 0 Å². The molecule has 0 aromatic rings. The SMILES string of the molecule is C=CC1CC(CN)[C@H](C=C)C1. The molecule has 0 bridgehead atoms. The van der Waals surface area contributed by atoms with Crippen LogP contribution in [0.1, 0.15) is 12.8 Å². The smallest absolute Gasteiger partial charge is 0.00430 e. The standard InChI is InChI=1S/C10H17N/c1-3-8-5-9(4-2)10(6-8)7-11/h3-4,8-10H,1-2,5-7,11H2/t8?,9-,10?/m1/s1. The predicted molar refractivity (Wildman–Crippen MR) is 49.2 cm³/mol. The van der Waals surface area contributed by atoms with E-state index >= 15 is 0 Å². The van der Waals surface area contributed by atoms with Crippen LogP contribution in [-0.4, -0.2) is 6.54 Å². The van der Waals surface area contributed by atoms with Gasteiger partial charge in [0.05, 0.1) is 0 Å². The van der Waals surface area contributed by atoms with Crippen LogP contribution in [0.3, 0.4) is 0 Å². The van der Waals surface area contributed by atoms with E-state index in [1.165, 1.54) is 12.8 Å². The summed E-state index contributed by atoms with van der Waals surface area (Å²) in [6.07, 6.45) is 6.50. The predicted octanol–water partition coefficient (Wildman–Crippen LogP) is 1.96. The van der Waals surface area contributed by atoms with E-state index in [-0.39, 0.29) is 0 Å². The second-order valence-electron chi connectivity index (χ2n) is 3.36. The Morgan fingerprint density at radius 2 is 2.00 bits per heavy atom. The minimum absolute atomic E-state index is 0.628. The van der Waals surface area contributed by atoms with Crippen molar-refractivity contribution in [2.75, 3.05) is 6.54 Å². The Labute approximate surface area is 69.0 Å². The van der Waals surface area contributed by atoms with Crippen LogP contribution in [0.5, 0.6) is 0 Å². The lowest BCUT2D eigenvalue weighted by Gasteiger charge is -2.11. The highest BCUT2D eigenvalue weighted by molar-refractivity contribution is 4.98. The summed E-state index contributed by atoms with van der Waals surface area (Å²) in [5, 5.41) is 0. The van der Waals surface area contributed by atoms with Crippen LogP contribution in [0, 0.1) is 17.8 Å². The second kappa shape index (κ2) is 3.72. The zero-order valence-electron chi connectivity index (χ0n) is 7.00.